The summed E-state index contributed by atoms with van der Waals surface area (Å²) in [4.78, 5) is 36.8. The van der Waals surface area contributed by atoms with E-state index >= 15 is 0 Å². The van der Waals surface area contributed by atoms with Gasteiger partial charge < -0.3 is 24.3 Å². The van der Waals surface area contributed by atoms with Crippen molar-refractivity contribution in [2.45, 2.75) is 70.8 Å². The third kappa shape index (κ3) is 7.27. The summed E-state index contributed by atoms with van der Waals surface area (Å²) < 4.78 is 21.5. The summed E-state index contributed by atoms with van der Waals surface area (Å²) in [5, 5.41) is 2.43. The Morgan fingerprint density at radius 2 is 1.81 bits per heavy atom. The molecule has 8 nitrogen and oxygen atoms in total. The van der Waals surface area contributed by atoms with Gasteiger partial charge in [-0.05, 0) is 46.0 Å². The smallest absolute Gasteiger partial charge is 0.343 e. The van der Waals surface area contributed by atoms with Crippen molar-refractivity contribution in [2.75, 3.05) is 25.7 Å². The van der Waals surface area contributed by atoms with Crippen molar-refractivity contribution in [1.29, 1.82) is 0 Å². The number of hydrogen-bond acceptors (Lipinski definition) is 7. The Balaban J connectivity index is 2.92. The van der Waals surface area contributed by atoms with Crippen LogP contribution in [0.25, 0.3) is 0 Å². The third-order valence-corrected chi connectivity index (χ3v) is 4.48. The van der Waals surface area contributed by atoms with E-state index in [2.05, 4.69) is 5.32 Å². The van der Waals surface area contributed by atoms with Gasteiger partial charge in [0.05, 0.1) is 19.3 Å². The van der Waals surface area contributed by atoms with E-state index in [-0.39, 0.29) is 38.2 Å². The maximum absolute atomic E-state index is 12.6. The van der Waals surface area contributed by atoms with Crippen LogP contribution in [0.15, 0.2) is 0 Å². The molecule has 1 unspecified atom stereocenters. The minimum Gasteiger partial charge on any atom is -0.464 e. The molecule has 1 fully saturated rings. The lowest BCUT2D eigenvalue weighted by Gasteiger charge is -2.32. The second kappa shape index (κ2) is 12.2. The molecule has 1 rings (SSSR count). The fraction of sp³-hybridized carbons (Fsp3) is 0.833. The van der Waals surface area contributed by atoms with Gasteiger partial charge in [-0.3, -0.25) is 4.79 Å². The van der Waals surface area contributed by atoms with Crippen molar-refractivity contribution in [3.8, 4) is 0 Å². The first-order valence-corrected chi connectivity index (χ1v) is 9.89. The van der Waals surface area contributed by atoms with Crippen molar-refractivity contribution < 1.29 is 33.3 Å². The van der Waals surface area contributed by atoms with Crippen LogP contribution in [0.4, 0.5) is 0 Å². The molecule has 1 aliphatic heterocycles. The molecule has 0 aromatic carbocycles. The summed E-state index contributed by atoms with van der Waals surface area (Å²) in [6.07, 6.45) is 2.12. The van der Waals surface area contributed by atoms with E-state index in [1.807, 2.05) is 0 Å². The zero-order valence-corrected chi connectivity index (χ0v) is 17.0. The van der Waals surface area contributed by atoms with Crippen LogP contribution in [0.1, 0.15) is 52.9 Å². The average molecular weight is 408 g/mol. The molecule has 1 N–H and O–H groups in total. The van der Waals surface area contributed by atoms with Crippen molar-refractivity contribution in [2.24, 2.45) is 0 Å². The van der Waals surface area contributed by atoms with Gasteiger partial charge in [0.25, 0.3) is 0 Å². The van der Waals surface area contributed by atoms with Gasteiger partial charge in [-0.2, -0.15) is 0 Å². The van der Waals surface area contributed by atoms with Crippen LogP contribution >= 0.6 is 11.6 Å². The highest BCUT2D eigenvalue weighted by molar-refractivity contribution is 6.18. The SMILES string of the molecule is CCOC(=O)C(CC[C@@H](CCl)OC1CCCCO1)(NC(C)=O)C(=O)OCC. The number of carbonyl (C=O) groups is 3. The highest BCUT2D eigenvalue weighted by atomic mass is 35.5. The number of carbonyl (C=O) groups excluding carboxylic acids is 3. The topological polar surface area (TPSA) is 100 Å². The predicted octanol–water partition coefficient (Wildman–Crippen LogP) is 1.92. The van der Waals surface area contributed by atoms with Gasteiger partial charge >= 0.3 is 11.9 Å². The van der Waals surface area contributed by atoms with Crippen LogP contribution in [0.3, 0.4) is 0 Å². The van der Waals surface area contributed by atoms with E-state index in [1.54, 1.807) is 13.8 Å². The Bertz CT molecular complexity index is 476. The quantitative estimate of drug-likeness (QED) is 0.317. The monoisotopic (exact) mass is 407 g/mol. The summed E-state index contributed by atoms with van der Waals surface area (Å²) >= 11 is 6.00. The third-order valence-electron chi connectivity index (χ3n) is 4.13. The van der Waals surface area contributed by atoms with Crippen molar-refractivity contribution >= 4 is 29.4 Å². The van der Waals surface area contributed by atoms with Crippen LogP contribution < -0.4 is 5.32 Å². The Morgan fingerprint density at radius 3 is 2.26 bits per heavy atom. The number of rotatable bonds is 11. The van der Waals surface area contributed by atoms with E-state index in [9.17, 15) is 14.4 Å². The molecule has 156 valence electrons. The highest BCUT2D eigenvalue weighted by Crippen LogP contribution is 2.23. The van der Waals surface area contributed by atoms with E-state index < -0.39 is 29.5 Å². The first-order valence-electron chi connectivity index (χ1n) is 9.35. The second-order valence-electron chi connectivity index (χ2n) is 6.27. The molecule has 0 bridgehead atoms. The van der Waals surface area contributed by atoms with Crippen LogP contribution in [-0.4, -0.2) is 61.5 Å². The molecule has 0 radical (unpaired) electrons. The van der Waals surface area contributed by atoms with Gasteiger partial charge in [-0.25, -0.2) is 9.59 Å². The molecular formula is C18H30ClNO7. The number of hydrogen-bond donors (Lipinski definition) is 1. The minimum absolute atomic E-state index is 0.0604. The molecule has 0 saturated carbocycles. The molecule has 9 heteroatoms. The van der Waals surface area contributed by atoms with Crippen LogP contribution in [0, 0.1) is 0 Å². The number of amides is 1. The maximum Gasteiger partial charge on any atom is 0.343 e. The minimum atomic E-state index is -1.93. The van der Waals surface area contributed by atoms with Crippen LogP contribution in [0.5, 0.6) is 0 Å². The van der Waals surface area contributed by atoms with Gasteiger partial charge in [-0.1, -0.05) is 0 Å². The highest BCUT2D eigenvalue weighted by Gasteiger charge is 2.50. The summed E-state index contributed by atoms with van der Waals surface area (Å²) in [5.41, 5.74) is -1.93. The molecule has 27 heavy (non-hydrogen) atoms. The maximum atomic E-state index is 12.6. The fourth-order valence-corrected chi connectivity index (χ4v) is 3.08. The van der Waals surface area contributed by atoms with Gasteiger partial charge in [-0.15, -0.1) is 11.6 Å². The lowest BCUT2D eigenvalue weighted by Crippen LogP contribution is -2.61. The molecule has 0 aromatic rings. The lowest BCUT2D eigenvalue weighted by molar-refractivity contribution is -0.186. The van der Waals surface area contributed by atoms with Crippen molar-refractivity contribution in [3.63, 3.8) is 0 Å². The Morgan fingerprint density at radius 1 is 1.19 bits per heavy atom. The Kier molecular flexibility index (Phi) is 10.6. The lowest BCUT2D eigenvalue weighted by atomic mass is 9.91. The van der Waals surface area contributed by atoms with Crippen molar-refractivity contribution in [3.05, 3.63) is 0 Å². The normalized spacial score (nSPS) is 18.4. The molecule has 0 spiro atoms. The molecule has 1 aliphatic rings. The van der Waals surface area contributed by atoms with E-state index in [4.69, 9.17) is 30.5 Å². The standard InChI is InChI=1S/C18H30ClNO7/c1-4-24-16(22)18(20-13(3)21,17(23)25-5-2)10-9-14(12-19)27-15-8-6-7-11-26-15/h14-15H,4-12H2,1-3H3,(H,20,21)/t14-,15?/m0/s1. The first-order chi connectivity index (χ1) is 12.9. The molecule has 0 aromatic heterocycles. The first kappa shape index (κ1) is 23.7. The fourth-order valence-electron chi connectivity index (χ4n) is 2.85. The number of halogens is 1. The summed E-state index contributed by atoms with van der Waals surface area (Å²) in [7, 11) is 0. The zero-order chi connectivity index (χ0) is 20.3. The molecule has 1 amide bonds. The van der Waals surface area contributed by atoms with E-state index in [0.29, 0.717) is 6.61 Å². The zero-order valence-electron chi connectivity index (χ0n) is 16.3. The van der Waals surface area contributed by atoms with E-state index in [1.165, 1.54) is 6.92 Å². The number of alkyl halides is 1. The van der Waals surface area contributed by atoms with Crippen LogP contribution in [0.2, 0.25) is 0 Å². The average Bonchev–Trinajstić information content (AvgIpc) is 2.64. The second-order valence-corrected chi connectivity index (χ2v) is 6.58. The van der Waals surface area contributed by atoms with Gasteiger partial charge in [0, 0.05) is 19.4 Å². The summed E-state index contributed by atoms with van der Waals surface area (Å²) in [6, 6.07) is 0. The summed E-state index contributed by atoms with van der Waals surface area (Å²) in [6.45, 7) is 5.20. The van der Waals surface area contributed by atoms with Gasteiger partial charge in [0.2, 0.25) is 11.4 Å². The molecule has 1 heterocycles. The molecule has 1 saturated heterocycles. The molecule has 2 atom stereocenters. The summed E-state index contributed by atoms with van der Waals surface area (Å²) in [5.74, 6) is -2.11. The van der Waals surface area contributed by atoms with E-state index in [0.717, 1.165) is 19.3 Å². The number of esters is 2. The van der Waals surface area contributed by atoms with Gasteiger partial charge in [0.15, 0.2) is 6.29 Å². The number of ether oxygens (including phenoxy) is 4. The van der Waals surface area contributed by atoms with Crippen LogP contribution in [-0.2, 0) is 33.3 Å². The Hall–Kier alpha value is -1.38. The largest absolute Gasteiger partial charge is 0.464 e. The van der Waals surface area contributed by atoms with Gasteiger partial charge in [0.1, 0.15) is 0 Å². The Labute approximate surface area is 165 Å². The molecular weight excluding hydrogens is 378 g/mol. The number of nitrogens with one attached hydrogen (secondary N) is 1. The van der Waals surface area contributed by atoms with Crippen molar-refractivity contribution in [1.82, 2.24) is 5.32 Å². The molecule has 0 aliphatic carbocycles. The predicted molar refractivity (Wildman–Crippen MR) is 98.2 cm³/mol.